The zero-order valence-corrected chi connectivity index (χ0v) is 15.1. The molecule has 146 valence electrons. The van der Waals surface area contributed by atoms with Gasteiger partial charge in [-0.1, -0.05) is 11.2 Å². The lowest BCUT2D eigenvalue weighted by Gasteiger charge is -2.27. The summed E-state index contributed by atoms with van der Waals surface area (Å²) in [5.74, 6) is 0.248. The normalized spacial score (nSPS) is 14.2. The van der Waals surface area contributed by atoms with Crippen molar-refractivity contribution in [3.63, 3.8) is 0 Å². The Labute approximate surface area is 157 Å². The molecule has 28 heavy (non-hydrogen) atoms. The van der Waals surface area contributed by atoms with Gasteiger partial charge in [0.2, 0.25) is 0 Å². The van der Waals surface area contributed by atoms with Gasteiger partial charge in [0, 0.05) is 36.8 Å². The van der Waals surface area contributed by atoms with Gasteiger partial charge in [-0.05, 0) is 25.1 Å². The second kappa shape index (κ2) is 6.47. The molecule has 4 rings (SSSR count). The number of carbonyl (C=O) groups is 1. The molecule has 0 saturated heterocycles. The first-order chi connectivity index (χ1) is 13.2. The number of aromatic nitrogens is 4. The summed E-state index contributed by atoms with van der Waals surface area (Å²) in [5.41, 5.74) is 1.33. The maximum absolute atomic E-state index is 13.0. The SMILES string of the molecule is Cc1noc(-c2nn(C)c3c2CN(C(=O)c2cccc(C(F)(F)F)c2)CC3)n1. The predicted octanol–water partition coefficient (Wildman–Crippen LogP) is 3.00. The highest BCUT2D eigenvalue weighted by atomic mass is 19.4. The van der Waals surface area contributed by atoms with Gasteiger partial charge in [-0.2, -0.15) is 23.3 Å². The van der Waals surface area contributed by atoms with Gasteiger partial charge >= 0.3 is 6.18 Å². The molecule has 0 atom stereocenters. The highest BCUT2D eigenvalue weighted by molar-refractivity contribution is 5.94. The topological polar surface area (TPSA) is 77.0 Å². The van der Waals surface area contributed by atoms with Gasteiger partial charge in [0.05, 0.1) is 12.1 Å². The highest BCUT2D eigenvalue weighted by Crippen LogP contribution is 2.32. The summed E-state index contributed by atoms with van der Waals surface area (Å²) in [5, 5.41) is 8.19. The number of rotatable bonds is 2. The number of hydrogen-bond acceptors (Lipinski definition) is 5. The molecule has 1 aliphatic rings. The van der Waals surface area contributed by atoms with Gasteiger partial charge in [0.15, 0.2) is 11.5 Å². The summed E-state index contributed by atoms with van der Waals surface area (Å²) in [6.07, 6.45) is -3.98. The summed E-state index contributed by atoms with van der Waals surface area (Å²) >= 11 is 0. The maximum atomic E-state index is 13.0. The van der Waals surface area contributed by atoms with Crippen LogP contribution in [-0.4, -0.2) is 37.3 Å². The first-order valence-corrected chi connectivity index (χ1v) is 8.56. The molecule has 1 aromatic carbocycles. The number of amides is 1. The van der Waals surface area contributed by atoms with Gasteiger partial charge in [-0.3, -0.25) is 9.48 Å². The molecule has 0 spiro atoms. The fourth-order valence-electron chi connectivity index (χ4n) is 3.34. The number of benzene rings is 1. The van der Waals surface area contributed by atoms with Gasteiger partial charge in [0.1, 0.15) is 0 Å². The lowest BCUT2D eigenvalue weighted by Crippen LogP contribution is -2.36. The summed E-state index contributed by atoms with van der Waals surface area (Å²) in [6.45, 7) is 2.27. The van der Waals surface area contributed by atoms with Crippen molar-refractivity contribution in [2.45, 2.75) is 26.1 Å². The molecule has 1 aliphatic heterocycles. The molecular weight excluding hydrogens is 375 g/mol. The summed E-state index contributed by atoms with van der Waals surface area (Å²) < 4.78 is 45.8. The third-order valence-corrected chi connectivity index (χ3v) is 4.70. The molecule has 0 bridgehead atoms. The number of nitrogens with zero attached hydrogens (tertiary/aromatic N) is 5. The van der Waals surface area contributed by atoms with Crippen LogP contribution in [-0.2, 0) is 26.2 Å². The Hall–Kier alpha value is -3.17. The molecular formula is C18H16F3N5O2. The van der Waals surface area contributed by atoms with Crippen LogP contribution in [0.2, 0.25) is 0 Å². The van der Waals surface area contributed by atoms with Crippen LogP contribution in [0.1, 0.15) is 33.0 Å². The van der Waals surface area contributed by atoms with Crippen LogP contribution in [0.3, 0.4) is 0 Å². The Kier molecular flexibility index (Phi) is 4.20. The van der Waals surface area contributed by atoms with E-state index >= 15 is 0 Å². The highest BCUT2D eigenvalue weighted by Gasteiger charge is 2.33. The molecule has 3 heterocycles. The minimum atomic E-state index is -4.50. The second-order valence-corrected chi connectivity index (χ2v) is 6.60. The lowest BCUT2D eigenvalue weighted by atomic mass is 10.0. The van der Waals surface area contributed by atoms with Crippen molar-refractivity contribution in [1.29, 1.82) is 0 Å². The molecule has 0 aliphatic carbocycles. The molecule has 0 fully saturated rings. The van der Waals surface area contributed by atoms with Crippen molar-refractivity contribution < 1.29 is 22.5 Å². The Bertz CT molecular complexity index is 1050. The van der Waals surface area contributed by atoms with E-state index in [1.165, 1.54) is 17.0 Å². The molecule has 2 aromatic heterocycles. The van der Waals surface area contributed by atoms with E-state index in [1.807, 2.05) is 0 Å². The van der Waals surface area contributed by atoms with E-state index in [2.05, 4.69) is 15.2 Å². The fourth-order valence-corrected chi connectivity index (χ4v) is 3.34. The number of hydrogen-bond donors (Lipinski definition) is 0. The average Bonchev–Trinajstić information content (AvgIpc) is 3.23. The molecule has 10 heteroatoms. The van der Waals surface area contributed by atoms with Crippen molar-refractivity contribution in [1.82, 2.24) is 24.8 Å². The molecule has 0 unspecified atom stereocenters. The Balaban J connectivity index is 1.65. The van der Waals surface area contributed by atoms with Crippen molar-refractivity contribution in [2.75, 3.05) is 6.54 Å². The smallest absolute Gasteiger partial charge is 0.334 e. The summed E-state index contributed by atoms with van der Waals surface area (Å²) in [6, 6.07) is 4.45. The lowest BCUT2D eigenvalue weighted by molar-refractivity contribution is -0.137. The molecule has 0 N–H and O–H groups in total. The predicted molar refractivity (Wildman–Crippen MR) is 91.1 cm³/mol. The molecule has 0 radical (unpaired) electrons. The zero-order valence-electron chi connectivity index (χ0n) is 15.1. The minimum absolute atomic E-state index is 0.00245. The monoisotopic (exact) mass is 391 g/mol. The zero-order chi connectivity index (χ0) is 20.1. The molecule has 3 aromatic rings. The van der Waals surface area contributed by atoms with E-state index in [0.717, 1.165) is 23.4 Å². The van der Waals surface area contributed by atoms with E-state index < -0.39 is 17.6 Å². The second-order valence-electron chi connectivity index (χ2n) is 6.60. The Morgan fingerprint density at radius 2 is 2.07 bits per heavy atom. The first kappa shape index (κ1) is 18.2. The van der Waals surface area contributed by atoms with E-state index in [0.29, 0.717) is 24.5 Å². The number of aryl methyl sites for hydroxylation is 2. The van der Waals surface area contributed by atoms with Crippen LogP contribution < -0.4 is 0 Å². The van der Waals surface area contributed by atoms with E-state index in [4.69, 9.17) is 4.52 Å². The van der Waals surface area contributed by atoms with E-state index in [1.54, 1.807) is 18.7 Å². The first-order valence-electron chi connectivity index (χ1n) is 8.56. The van der Waals surface area contributed by atoms with Gasteiger partial charge in [-0.25, -0.2) is 0 Å². The fraction of sp³-hybridized carbons (Fsp3) is 0.333. The quantitative estimate of drug-likeness (QED) is 0.671. The van der Waals surface area contributed by atoms with Crippen LogP contribution in [0, 0.1) is 6.92 Å². The van der Waals surface area contributed by atoms with E-state index in [-0.39, 0.29) is 18.0 Å². The summed E-state index contributed by atoms with van der Waals surface area (Å²) in [4.78, 5) is 18.5. The standard InChI is InChI=1S/C18H16F3N5O2/c1-10-22-16(28-24-10)15-13-9-26(7-6-14(13)25(2)23-15)17(27)11-4-3-5-12(8-11)18(19,20)21/h3-5,8H,6-7,9H2,1-2H3. The number of alkyl halides is 3. The number of halogens is 3. The van der Waals surface area contributed by atoms with Crippen LogP contribution in [0.4, 0.5) is 13.2 Å². The third-order valence-electron chi connectivity index (χ3n) is 4.70. The van der Waals surface area contributed by atoms with E-state index in [9.17, 15) is 18.0 Å². The van der Waals surface area contributed by atoms with Gasteiger partial charge in [0.25, 0.3) is 11.8 Å². The van der Waals surface area contributed by atoms with Crippen molar-refractivity contribution in [3.8, 4) is 11.6 Å². The number of fused-ring (bicyclic) bond motifs is 1. The average molecular weight is 391 g/mol. The Morgan fingerprint density at radius 1 is 1.29 bits per heavy atom. The minimum Gasteiger partial charge on any atom is -0.334 e. The van der Waals surface area contributed by atoms with Crippen molar-refractivity contribution in [3.05, 3.63) is 52.5 Å². The maximum Gasteiger partial charge on any atom is 0.416 e. The van der Waals surface area contributed by atoms with Crippen molar-refractivity contribution >= 4 is 5.91 Å². The van der Waals surface area contributed by atoms with Crippen LogP contribution in [0.5, 0.6) is 0 Å². The number of carbonyl (C=O) groups excluding carboxylic acids is 1. The van der Waals surface area contributed by atoms with Gasteiger partial charge < -0.3 is 9.42 Å². The molecule has 0 saturated carbocycles. The van der Waals surface area contributed by atoms with Crippen LogP contribution in [0.25, 0.3) is 11.6 Å². The van der Waals surface area contributed by atoms with Crippen LogP contribution in [0.15, 0.2) is 28.8 Å². The largest absolute Gasteiger partial charge is 0.416 e. The summed E-state index contributed by atoms with van der Waals surface area (Å²) in [7, 11) is 1.79. The third kappa shape index (κ3) is 3.14. The Morgan fingerprint density at radius 3 is 2.75 bits per heavy atom. The van der Waals surface area contributed by atoms with Gasteiger partial charge in [-0.15, -0.1) is 0 Å². The molecule has 1 amide bonds. The molecule has 7 nitrogen and oxygen atoms in total. The van der Waals surface area contributed by atoms with Crippen LogP contribution >= 0.6 is 0 Å². The van der Waals surface area contributed by atoms with Crippen molar-refractivity contribution in [2.24, 2.45) is 7.05 Å².